The number of azo groups is 1. The second-order valence-electron chi connectivity index (χ2n) is 11.0. The lowest BCUT2D eigenvalue weighted by Gasteiger charge is -2.08. The molecule has 0 fully saturated rings. The maximum Gasteiger partial charge on any atom is 0.343 e. The van der Waals surface area contributed by atoms with Crippen LogP contribution in [0.3, 0.4) is 0 Å². The van der Waals surface area contributed by atoms with Gasteiger partial charge in [0.05, 0.1) is 30.2 Å². The number of hydrogen-bond donors (Lipinski definition) is 0. The van der Waals surface area contributed by atoms with Crippen molar-refractivity contribution in [2.24, 2.45) is 10.2 Å². The van der Waals surface area contributed by atoms with Crippen LogP contribution in [0.15, 0.2) is 83.0 Å². The summed E-state index contributed by atoms with van der Waals surface area (Å²) in [6.07, 6.45) is 17.6. The SMILES string of the molecule is CCCCCCCCCCOc1ccc(C(=O)Oc2ccc(N=Nc3ccc(OCCCCCCCC)cc3)cc2)cc1. The van der Waals surface area contributed by atoms with E-state index >= 15 is 0 Å². The average molecular weight is 587 g/mol. The minimum absolute atomic E-state index is 0.414. The Kier molecular flexibility index (Phi) is 16.6. The van der Waals surface area contributed by atoms with Crippen molar-refractivity contribution in [1.29, 1.82) is 0 Å². The molecule has 3 aromatic rings. The van der Waals surface area contributed by atoms with Crippen LogP contribution in [-0.4, -0.2) is 19.2 Å². The minimum atomic E-state index is -0.414. The van der Waals surface area contributed by atoms with E-state index in [-0.39, 0.29) is 0 Å². The van der Waals surface area contributed by atoms with E-state index in [1.54, 1.807) is 36.4 Å². The molecular weight excluding hydrogens is 536 g/mol. The highest BCUT2D eigenvalue weighted by molar-refractivity contribution is 5.91. The van der Waals surface area contributed by atoms with Crippen molar-refractivity contribution in [1.82, 2.24) is 0 Å². The summed E-state index contributed by atoms with van der Waals surface area (Å²) in [6, 6.07) is 21.7. The van der Waals surface area contributed by atoms with Crippen LogP contribution in [0.5, 0.6) is 17.2 Å². The number of hydrogen-bond acceptors (Lipinski definition) is 6. The molecule has 0 bridgehead atoms. The van der Waals surface area contributed by atoms with Crippen molar-refractivity contribution in [3.8, 4) is 17.2 Å². The number of esters is 1. The summed E-state index contributed by atoms with van der Waals surface area (Å²) >= 11 is 0. The van der Waals surface area contributed by atoms with Gasteiger partial charge >= 0.3 is 5.97 Å². The molecule has 0 aliphatic heterocycles. The van der Waals surface area contributed by atoms with E-state index in [0.29, 0.717) is 23.6 Å². The largest absolute Gasteiger partial charge is 0.494 e. The zero-order valence-electron chi connectivity index (χ0n) is 26.3. The summed E-state index contributed by atoms with van der Waals surface area (Å²) in [5.74, 6) is 1.65. The lowest BCUT2D eigenvalue weighted by Crippen LogP contribution is -2.08. The normalized spacial score (nSPS) is 11.1. The molecule has 43 heavy (non-hydrogen) atoms. The van der Waals surface area contributed by atoms with Crippen LogP contribution in [0, 0.1) is 0 Å². The van der Waals surface area contributed by atoms with Crippen molar-refractivity contribution in [3.63, 3.8) is 0 Å². The number of nitrogens with zero attached hydrogens (tertiary/aromatic N) is 2. The zero-order valence-corrected chi connectivity index (χ0v) is 26.3. The molecule has 0 heterocycles. The van der Waals surface area contributed by atoms with E-state index in [2.05, 4.69) is 24.1 Å². The molecule has 0 saturated carbocycles. The molecule has 0 spiro atoms. The van der Waals surface area contributed by atoms with E-state index in [1.807, 2.05) is 36.4 Å². The van der Waals surface area contributed by atoms with E-state index in [0.717, 1.165) is 36.6 Å². The molecule has 0 aromatic heterocycles. The molecule has 0 atom stereocenters. The molecule has 0 amide bonds. The number of rotatable bonds is 22. The molecule has 0 radical (unpaired) electrons. The van der Waals surface area contributed by atoms with Gasteiger partial charge < -0.3 is 14.2 Å². The fourth-order valence-corrected chi connectivity index (χ4v) is 4.66. The molecule has 0 aliphatic rings. The van der Waals surface area contributed by atoms with Crippen molar-refractivity contribution in [2.45, 2.75) is 104 Å². The van der Waals surface area contributed by atoms with Gasteiger partial charge in [0.25, 0.3) is 0 Å². The molecule has 232 valence electrons. The van der Waals surface area contributed by atoms with Gasteiger partial charge in [0, 0.05) is 0 Å². The molecule has 0 saturated heterocycles. The smallest absolute Gasteiger partial charge is 0.343 e. The number of benzene rings is 3. The first kappa shape index (κ1) is 33.8. The maximum atomic E-state index is 12.6. The van der Waals surface area contributed by atoms with Crippen LogP contribution in [-0.2, 0) is 0 Å². The first-order valence-electron chi connectivity index (χ1n) is 16.4. The second kappa shape index (κ2) is 21.1. The summed E-state index contributed by atoms with van der Waals surface area (Å²) in [6.45, 7) is 5.91. The molecule has 0 N–H and O–H groups in total. The Bertz CT molecular complexity index is 1170. The standard InChI is InChI=1S/C37H50N2O4/c1-3-5-7-9-11-12-14-16-29-41-34-23-17-31(18-24-34)37(40)43-36-27-21-33(22-28-36)39-38-32-19-25-35(26-20-32)42-30-15-13-10-8-6-4-2/h17-28H,3-16,29-30H2,1-2H3. The van der Waals surface area contributed by atoms with Gasteiger partial charge in [-0.3, -0.25) is 0 Å². The van der Waals surface area contributed by atoms with Gasteiger partial charge in [-0.05, 0) is 85.6 Å². The van der Waals surface area contributed by atoms with Crippen molar-refractivity contribution in [3.05, 3.63) is 78.4 Å². The van der Waals surface area contributed by atoms with Gasteiger partial charge in [0.1, 0.15) is 17.2 Å². The number of carbonyl (C=O) groups excluding carboxylic acids is 1. The van der Waals surface area contributed by atoms with Crippen LogP contribution in [0.1, 0.15) is 114 Å². The lowest BCUT2D eigenvalue weighted by molar-refractivity contribution is 0.0734. The minimum Gasteiger partial charge on any atom is -0.494 e. The fourth-order valence-electron chi connectivity index (χ4n) is 4.66. The van der Waals surface area contributed by atoms with Crippen LogP contribution >= 0.6 is 0 Å². The van der Waals surface area contributed by atoms with E-state index in [4.69, 9.17) is 14.2 Å². The van der Waals surface area contributed by atoms with E-state index < -0.39 is 5.97 Å². The first-order chi connectivity index (χ1) is 21.2. The molecule has 0 unspecified atom stereocenters. The van der Waals surface area contributed by atoms with E-state index in [1.165, 1.54) is 77.0 Å². The van der Waals surface area contributed by atoms with Crippen molar-refractivity contribution >= 4 is 17.3 Å². The summed E-state index contributed by atoms with van der Waals surface area (Å²) in [5, 5.41) is 8.59. The second-order valence-corrected chi connectivity index (χ2v) is 11.0. The summed E-state index contributed by atoms with van der Waals surface area (Å²) < 4.78 is 17.2. The topological polar surface area (TPSA) is 69.5 Å². The highest BCUT2D eigenvalue weighted by Crippen LogP contribution is 2.24. The quantitative estimate of drug-likeness (QED) is 0.0508. The highest BCUT2D eigenvalue weighted by atomic mass is 16.5. The summed E-state index contributed by atoms with van der Waals surface area (Å²) in [4.78, 5) is 12.6. The molecule has 0 aliphatic carbocycles. The van der Waals surface area contributed by atoms with Gasteiger partial charge in [-0.25, -0.2) is 4.79 Å². The third-order valence-corrected chi connectivity index (χ3v) is 7.29. The Balaban J connectivity index is 1.34. The number of carbonyl (C=O) groups is 1. The van der Waals surface area contributed by atoms with Crippen LogP contribution < -0.4 is 14.2 Å². The van der Waals surface area contributed by atoms with Crippen LogP contribution in [0.25, 0.3) is 0 Å². The Morgan fingerprint density at radius 3 is 1.30 bits per heavy atom. The molecule has 3 rings (SSSR count). The fraction of sp³-hybridized carbons (Fsp3) is 0.486. The zero-order chi connectivity index (χ0) is 30.4. The van der Waals surface area contributed by atoms with Crippen molar-refractivity contribution in [2.75, 3.05) is 13.2 Å². The maximum absolute atomic E-state index is 12.6. The molecule has 3 aromatic carbocycles. The Hall–Kier alpha value is -3.67. The Labute approximate surface area is 258 Å². The summed E-state index contributed by atoms with van der Waals surface area (Å²) in [5.41, 5.74) is 1.89. The van der Waals surface area contributed by atoms with Crippen LogP contribution in [0.2, 0.25) is 0 Å². The van der Waals surface area contributed by atoms with Crippen molar-refractivity contribution < 1.29 is 19.0 Å². The predicted molar refractivity (Wildman–Crippen MR) is 175 cm³/mol. The van der Waals surface area contributed by atoms with Gasteiger partial charge in [-0.15, -0.1) is 0 Å². The van der Waals surface area contributed by atoms with Gasteiger partial charge in [-0.1, -0.05) is 90.9 Å². The van der Waals surface area contributed by atoms with Gasteiger partial charge in [0.15, 0.2) is 0 Å². The lowest BCUT2D eigenvalue weighted by atomic mass is 10.1. The average Bonchev–Trinajstić information content (AvgIpc) is 3.04. The van der Waals surface area contributed by atoms with Gasteiger partial charge in [0.2, 0.25) is 0 Å². The number of unbranched alkanes of at least 4 members (excludes halogenated alkanes) is 12. The summed E-state index contributed by atoms with van der Waals surface area (Å²) in [7, 11) is 0. The third kappa shape index (κ3) is 14.4. The van der Waals surface area contributed by atoms with E-state index in [9.17, 15) is 4.79 Å². The highest BCUT2D eigenvalue weighted by Gasteiger charge is 2.09. The van der Waals surface area contributed by atoms with Gasteiger partial charge in [-0.2, -0.15) is 10.2 Å². The first-order valence-corrected chi connectivity index (χ1v) is 16.4. The Morgan fingerprint density at radius 2 is 0.860 bits per heavy atom. The molecule has 6 heteroatoms. The third-order valence-electron chi connectivity index (χ3n) is 7.29. The predicted octanol–water partition coefficient (Wildman–Crippen LogP) is 11.6. The molecule has 6 nitrogen and oxygen atoms in total. The van der Waals surface area contributed by atoms with Crippen LogP contribution in [0.4, 0.5) is 11.4 Å². The Morgan fingerprint density at radius 1 is 0.488 bits per heavy atom. The monoisotopic (exact) mass is 586 g/mol. The number of ether oxygens (including phenoxy) is 3. The molecular formula is C37H50N2O4.